The summed E-state index contributed by atoms with van der Waals surface area (Å²) in [5.41, 5.74) is 9.82. The van der Waals surface area contributed by atoms with Crippen LogP contribution in [0.2, 0.25) is 0 Å². The monoisotopic (exact) mass is 273 g/mol. The van der Waals surface area contributed by atoms with Crippen LogP contribution in [0.5, 0.6) is 0 Å². The first-order chi connectivity index (χ1) is 9.51. The quantitative estimate of drug-likeness (QED) is 0.932. The summed E-state index contributed by atoms with van der Waals surface area (Å²) in [6, 6.07) is 6.44. The molecule has 4 heteroatoms. The number of benzene rings is 1. The zero-order valence-electron chi connectivity index (χ0n) is 12.2. The number of nitrogens with zero attached hydrogens (tertiary/aromatic N) is 2. The van der Waals surface area contributed by atoms with Crippen LogP contribution in [0.1, 0.15) is 41.2 Å². The van der Waals surface area contributed by atoms with Crippen LogP contribution in [-0.2, 0) is 6.42 Å². The van der Waals surface area contributed by atoms with Gasteiger partial charge in [0.15, 0.2) is 0 Å². The maximum absolute atomic E-state index is 12.9. The van der Waals surface area contributed by atoms with Gasteiger partial charge in [0, 0.05) is 17.8 Å². The molecule has 0 aliphatic heterocycles. The zero-order valence-corrected chi connectivity index (χ0v) is 12.2. The number of aryl methyl sites for hydroxylation is 2. The minimum atomic E-state index is -0.228. The molecule has 0 fully saturated rings. The molecule has 0 spiro atoms. The van der Waals surface area contributed by atoms with Crippen LogP contribution in [0.25, 0.3) is 0 Å². The third-order valence-corrected chi connectivity index (χ3v) is 3.49. The fourth-order valence-corrected chi connectivity index (χ4v) is 2.49. The normalized spacial score (nSPS) is 12.4. The van der Waals surface area contributed by atoms with Crippen LogP contribution in [0.4, 0.5) is 4.39 Å². The van der Waals surface area contributed by atoms with Gasteiger partial charge in [0.25, 0.3) is 0 Å². The molecule has 3 nitrogen and oxygen atoms in total. The first-order valence-electron chi connectivity index (χ1n) is 6.79. The second-order valence-corrected chi connectivity index (χ2v) is 5.16. The number of rotatable bonds is 4. The molecule has 0 amide bonds. The standard InChI is InChI=1S/C16H20FN3/c1-10(9-18)16-11(2)19-15(20-12(16)3)8-13-4-6-14(17)7-5-13/h4-7,10H,8-9,18H2,1-3H3. The van der Waals surface area contributed by atoms with Gasteiger partial charge in [-0.2, -0.15) is 0 Å². The van der Waals surface area contributed by atoms with Gasteiger partial charge >= 0.3 is 0 Å². The van der Waals surface area contributed by atoms with Gasteiger partial charge in [0.2, 0.25) is 0 Å². The molecular formula is C16H20FN3. The molecule has 0 aliphatic carbocycles. The Labute approximate surface area is 119 Å². The smallest absolute Gasteiger partial charge is 0.133 e. The Kier molecular flexibility index (Phi) is 4.45. The predicted molar refractivity (Wildman–Crippen MR) is 78.2 cm³/mol. The Balaban J connectivity index is 2.28. The Hall–Kier alpha value is -1.81. The molecule has 1 heterocycles. The summed E-state index contributed by atoms with van der Waals surface area (Å²) in [5.74, 6) is 0.795. The van der Waals surface area contributed by atoms with E-state index in [-0.39, 0.29) is 11.7 Å². The minimum absolute atomic E-state index is 0.228. The van der Waals surface area contributed by atoms with E-state index in [1.807, 2.05) is 13.8 Å². The molecule has 0 saturated heterocycles. The fourth-order valence-electron chi connectivity index (χ4n) is 2.49. The Morgan fingerprint density at radius 3 is 2.15 bits per heavy atom. The van der Waals surface area contributed by atoms with E-state index >= 15 is 0 Å². The molecule has 2 aromatic rings. The lowest BCUT2D eigenvalue weighted by Crippen LogP contribution is -2.15. The highest BCUT2D eigenvalue weighted by Crippen LogP contribution is 2.21. The number of nitrogens with two attached hydrogens (primary N) is 1. The minimum Gasteiger partial charge on any atom is -0.330 e. The van der Waals surface area contributed by atoms with Crippen molar-refractivity contribution in [1.29, 1.82) is 0 Å². The molecule has 106 valence electrons. The third-order valence-electron chi connectivity index (χ3n) is 3.49. The Bertz CT molecular complexity index is 570. The van der Waals surface area contributed by atoms with Gasteiger partial charge in [-0.05, 0) is 49.6 Å². The van der Waals surface area contributed by atoms with Crippen molar-refractivity contribution in [3.8, 4) is 0 Å². The lowest BCUT2D eigenvalue weighted by atomic mass is 9.98. The molecule has 20 heavy (non-hydrogen) atoms. The SMILES string of the molecule is Cc1nc(Cc2ccc(F)cc2)nc(C)c1C(C)CN. The molecule has 1 atom stereocenters. The molecular weight excluding hydrogens is 253 g/mol. The molecule has 1 aromatic carbocycles. The Morgan fingerprint density at radius 1 is 1.10 bits per heavy atom. The predicted octanol–water partition coefficient (Wildman–Crippen LogP) is 2.89. The molecule has 2 N–H and O–H groups in total. The van der Waals surface area contributed by atoms with E-state index in [9.17, 15) is 4.39 Å². The van der Waals surface area contributed by atoms with Crippen LogP contribution in [0.15, 0.2) is 24.3 Å². The number of aromatic nitrogens is 2. The highest BCUT2D eigenvalue weighted by Gasteiger charge is 2.14. The number of hydrogen-bond acceptors (Lipinski definition) is 3. The fraction of sp³-hybridized carbons (Fsp3) is 0.375. The van der Waals surface area contributed by atoms with Crippen molar-refractivity contribution in [2.24, 2.45) is 5.73 Å². The molecule has 2 rings (SSSR count). The maximum Gasteiger partial charge on any atom is 0.133 e. The van der Waals surface area contributed by atoms with Crippen molar-refractivity contribution >= 4 is 0 Å². The molecule has 1 aromatic heterocycles. The first-order valence-corrected chi connectivity index (χ1v) is 6.79. The molecule has 1 unspecified atom stereocenters. The highest BCUT2D eigenvalue weighted by molar-refractivity contribution is 5.29. The van der Waals surface area contributed by atoms with Crippen molar-refractivity contribution in [3.63, 3.8) is 0 Å². The average molecular weight is 273 g/mol. The van der Waals surface area contributed by atoms with E-state index in [1.54, 1.807) is 12.1 Å². The maximum atomic E-state index is 12.9. The van der Waals surface area contributed by atoms with Crippen molar-refractivity contribution in [1.82, 2.24) is 9.97 Å². The van der Waals surface area contributed by atoms with E-state index in [1.165, 1.54) is 12.1 Å². The van der Waals surface area contributed by atoms with Gasteiger partial charge in [0.1, 0.15) is 11.6 Å². The Morgan fingerprint density at radius 2 is 1.65 bits per heavy atom. The summed E-state index contributed by atoms with van der Waals surface area (Å²) in [4.78, 5) is 9.12. The van der Waals surface area contributed by atoms with Gasteiger partial charge in [-0.3, -0.25) is 0 Å². The topological polar surface area (TPSA) is 51.8 Å². The lowest BCUT2D eigenvalue weighted by molar-refractivity contribution is 0.627. The summed E-state index contributed by atoms with van der Waals surface area (Å²) in [7, 11) is 0. The van der Waals surface area contributed by atoms with Crippen molar-refractivity contribution < 1.29 is 4.39 Å². The van der Waals surface area contributed by atoms with Gasteiger partial charge in [-0.25, -0.2) is 14.4 Å². The summed E-state index contributed by atoms with van der Waals surface area (Å²) < 4.78 is 12.9. The summed E-state index contributed by atoms with van der Waals surface area (Å²) in [6.07, 6.45) is 0.610. The molecule has 0 saturated carbocycles. The zero-order chi connectivity index (χ0) is 14.7. The number of halogens is 1. The van der Waals surface area contributed by atoms with Crippen LogP contribution in [0, 0.1) is 19.7 Å². The molecule has 0 bridgehead atoms. The van der Waals surface area contributed by atoms with Crippen LogP contribution in [-0.4, -0.2) is 16.5 Å². The highest BCUT2D eigenvalue weighted by atomic mass is 19.1. The van der Waals surface area contributed by atoms with Gasteiger partial charge in [0.05, 0.1) is 0 Å². The van der Waals surface area contributed by atoms with Crippen LogP contribution >= 0.6 is 0 Å². The van der Waals surface area contributed by atoms with E-state index < -0.39 is 0 Å². The second-order valence-electron chi connectivity index (χ2n) is 5.16. The first kappa shape index (κ1) is 14.6. The van der Waals surface area contributed by atoms with Gasteiger partial charge in [-0.15, -0.1) is 0 Å². The number of hydrogen-bond donors (Lipinski definition) is 1. The van der Waals surface area contributed by atoms with Crippen molar-refractivity contribution in [2.45, 2.75) is 33.1 Å². The average Bonchev–Trinajstić information content (AvgIpc) is 2.40. The third kappa shape index (κ3) is 3.20. The van der Waals surface area contributed by atoms with Crippen molar-refractivity contribution in [2.75, 3.05) is 6.54 Å². The summed E-state index contributed by atoms with van der Waals surface area (Å²) >= 11 is 0. The second kappa shape index (κ2) is 6.09. The summed E-state index contributed by atoms with van der Waals surface area (Å²) in [5, 5.41) is 0. The van der Waals surface area contributed by atoms with Gasteiger partial charge in [-0.1, -0.05) is 19.1 Å². The molecule has 0 radical (unpaired) electrons. The van der Waals surface area contributed by atoms with Gasteiger partial charge < -0.3 is 5.73 Å². The van der Waals surface area contributed by atoms with Crippen LogP contribution in [0.3, 0.4) is 0 Å². The van der Waals surface area contributed by atoms with E-state index in [0.717, 1.165) is 28.3 Å². The summed E-state index contributed by atoms with van der Waals surface area (Å²) in [6.45, 7) is 6.65. The largest absolute Gasteiger partial charge is 0.330 e. The molecule has 0 aliphatic rings. The lowest BCUT2D eigenvalue weighted by Gasteiger charge is -2.15. The van der Waals surface area contributed by atoms with E-state index in [0.29, 0.717) is 13.0 Å². The van der Waals surface area contributed by atoms with Crippen LogP contribution < -0.4 is 5.73 Å². The van der Waals surface area contributed by atoms with E-state index in [2.05, 4.69) is 16.9 Å². The van der Waals surface area contributed by atoms with E-state index in [4.69, 9.17) is 5.73 Å². The van der Waals surface area contributed by atoms with Crippen molar-refractivity contribution in [3.05, 3.63) is 58.4 Å².